The van der Waals surface area contributed by atoms with E-state index in [9.17, 15) is 0 Å². The van der Waals surface area contributed by atoms with Crippen LogP contribution in [0, 0.1) is 0 Å². The van der Waals surface area contributed by atoms with Gasteiger partial charge in [0.15, 0.2) is 5.13 Å². The molecule has 0 aliphatic heterocycles. The lowest BCUT2D eigenvalue weighted by atomic mass is 10.2. The number of thiol groups is 1. The van der Waals surface area contributed by atoms with Crippen molar-refractivity contribution < 1.29 is 0 Å². The Kier molecular flexibility index (Phi) is 2.93. The Morgan fingerprint density at radius 2 is 2.27 bits per heavy atom. The van der Waals surface area contributed by atoms with Crippen LogP contribution in [-0.4, -0.2) is 9.97 Å². The first-order valence-corrected chi connectivity index (χ1v) is 5.92. The van der Waals surface area contributed by atoms with Gasteiger partial charge < -0.3 is 5.73 Å². The van der Waals surface area contributed by atoms with Crippen molar-refractivity contribution in [2.45, 2.75) is 12.2 Å². The molecule has 0 fully saturated rings. The zero-order valence-electron chi connectivity index (χ0n) is 8.21. The van der Waals surface area contributed by atoms with Crippen molar-refractivity contribution >= 4 is 29.1 Å². The van der Waals surface area contributed by atoms with Crippen molar-refractivity contribution in [3.63, 3.8) is 0 Å². The number of nitrogens with zero attached hydrogens (tertiary/aromatic N) is 2. The molecule has 1 unspecified atom stereocenters. The molecule has 0 aliphatic carbocycles. The number of aromatic nitrogens is 2. The molecular weight excluding hydrogens is 226 g/mol. The summed E-state index contributed by atoms with van der Waals surface area (Å²) in [6.45, 7) is 1.99. The highest BCUT2D eigenvalue weighted by molar-refractivity contribution is 7.80. The number of anilines is 1. The summed E-state index contributed by atoms with van der Waals surface area (Å²) in [6, 6.07) is 3.95. The van der Waals surface area contributed by atoms with Gasteiger partial charge >= 0.3 is 0 Å². The molecule has 2 rings (SSSR count). The minimum atomic E-state index is 0.152. The van der Waals surface area contributed by atoms with Crippen molar-refractivity contribution in [3.05, 3.63) is 29.4 Å². The van der Waals surface area contributed by atoms with Gasteiger partial charge in [0.1, 0.15) is 0 Å². The smallest absolute Gasteiger partial charge is 0.180 e. The molecule has 0 saturated heterocycles. The van der Waals surface area contributed by atoms with E-state index < -0.39 is 0 Å². The van der Waals surface area contributed by atoms with Gasteiger partial charge in [0.25, 0.3) is 0 Å². The summed E-state index contributed by atoms with van der Waals surface area (Å²) in [4.78, 5) is 8.50. The molecule has 0 radical (unpaired) electrons. The molecular formula is C10H11N3S2. The third-order valence-corrected chi connectivity index (χ3v) is 2.97. The van der Waals surface area contributed by atoms with E-state index in [-0.39, 0.29) is 5.25 Å². The van der Waals surface area contributed by atoms with Crippen molar-refractivity contribution in [3.8, 4) is 11.3 Å². The van der Waals surface area contributed by atoms with Crippen LogP contribution in [0.25, 0.3) is 11.3 Å². The Balaban J connectivity index is 2.31. The number of nitrogens with two attached hydrogens (primary N) is 1. The minimum absolute atomic E-state index is 0.152. The highest BCUT2D eigenvalue weighted by Crippen LogP contribution is 2.24. The summed E-state index contributed by atoms with van der Waals surface area (Å²) in [5, 5.41) is 2.66. The quantitative estimate of drug-likeness (QED) is 0.790. The van der Waals surface area contributed by atoms with Crippen molar-refractivity contribution in [2.24, 2.45) is 0 Å². The van der Waals surface area contributed by atoms with Crippen LogP contribution in [0.1, 0.15) is 17.9 Å². The van der Waals surface area contributed by atoms with Crippen LogP contribution in [0.5, 0.6) is 0 Å². The monoisotopic (exact) mass is 237 g/mol. The first kappa shape index (κ1) is 10.4. The summed E-state index contributed by atoms with van der Waals surface area (Å²) < 4.78 is 0. The molecule has 0 aliphatic rings. The Labute approximate surface area is 97.8 Å². The fourth-order valence-corrected chi connectivity index (χ4v) is 1.95. The maximum absolute atomic E-state index is 5.57. The van der Waals surface area contributed by atoms with Gasteiger partial charge in [0.2, 0.25) is 0 Å². The molecule has 2 heterocycles. The fraction of sp³-hybridized carbons (Fsp3) is 0.200. The topological polar surface area (TPSA) is 51.8 Å². The van der Waals surface area contributed by atoms with E-state index in [4.69, 9.17) is 5.73 Å². The second-order valence-electron chi connectivity index (χ2n) is 3.22. The normalized spacial score (nSPS) is 12.7. The zero-order chi connectivity index (χ0) is 10.8. The van der Waals surface area contributed by atoms with Gasteiger partial charge in [-0.3, -0.25) is 4.98 Å². The van der Waals surface area contributed by atoms with Crippen LogP contribution >= 0.6 is 24.0 Å². The second-order valence-corrected chi connectivity index (χ2v) is 4.88. The molecule has 2 aromatic rings. The third kappa shape index (κ3) is 2.30. The van der Waals surface area contributed by atoms with Crippen LogP contribution < -0.4 is 5.73 Å². The molecule has 1 atom stereocenters. The Morgan fingerprint density at radius 3 is 2.73 bits per heavy atom. The lowest BCUT2D eigenvalue weighted by Crippen LogP contribution is -1.90. The molecule has 0 bridgehead atoms. The van der Waals surface area contributed by atoms with Crippen molar-refractivity contribution in [1.29, 1.82) is 0 Å². The second kappa shape index (κ2) is 4.20. The van der Waals surface area contributed by atoms with E-state index in [0.29, 0.717) is 5.13 Å². The van der Waals surface area contributed by atoms with Gasteiger partial charge in [-0.25, -0.2) is 4.98 Å². The fourth-order valence-electron chi connectivity index (χ4n) is 1.22. The summed E-state index contributed by atoms with van der Waals surface area (Å²) in [7, 11) is 0. The maximum Gasteiger partial charge on any atom is 0.180 e. The third-order valence-electron chi connectivity index (χ3n) is 2.03. The Bertz CT molecular complexity index is 448. The number of nitrogen functional groups attached to an aromatic ring is 1. The van der Waals surface area contributed by atoms with Gasteiger partial charge in [-0.05, 0) is 19.1 Å². The first-order valence-electron chi connectivity index (χ1n) is 4.52. The Hall–Kier alpha value is -1.07. The molecule has 2 aromatic heterocycles. The summed E-state index contributed by atoms with van der Waals surface area (Å²) in [6.07, 6.45) is 1.80. The average molecular weight is 237 g/mol. The van der Waals surface area contributed by atoms with E-state index in [1.54, 1.807) is 6.20 Å². The predicted octanol–water partition coefficient (Wildman–Crippen LogP) is 2.78. The number of thiazole rings is 1. The van der Waals surface area contributed by atoms with Crippen LogP contribution in [0.2, 0.25) is 0 Å². The first-order chi connectivity index (χ1) is 7.16. The molecule has 5 heteroatoms. The molecule has 0 saturated carbocycles. The number of hydrogen-bond donors (Lipinski definition) is 2. The summed E-state index contributed by atoms with van der Waals surface area (Å²) >= 11 is 5.75. The molecule has 0 aromatic carbocycles. The van der Waals surface area contributed by atoms with Crippen LogP contribution in [-0.2, 0) is 0 Å². The maximum atomic E-state index is 5.57. The molecule has 0 amide bonds. The lowest BCUT2D eigenvalue weighted by molar-refractivity contribution is 1.02. The average Bonchev–Trinajstić information content (AvgIpc) is 2.65. The highest BCUT2D eigenvalue weighted by Gasteiger charge is 2.05. The number of hydrogen-bond acceptors (Lipinski definition) is 5. The standard InChI is InChI=1S/C10H11N3S2/c1-6(14)8-3-2-7(4-12-8)9-5-15-10(11)13-9/h2-6,14H,1H3,(H2,11,13). The lowest BCUT2D eigenvalue weighted by Gasteiger charge is -2.03. The number of rotatable bonds is 2. The minimum Gasteiger partial charge on any atom is -0.375 e. The van der Waals surface area contributed by atoms with Crippen molar-refractivity contribution in [1.82, 2.24) is 9.97 Å². The molecule has 0 spiro atoms. The van der Waals surface area contributed by atoms with Gasteiger partial charge in [0, 0.05) is 22.4 Å². The summed E-state index contributed by atoms with van der Waals surface area (Å²) in [5.74, 6) is 0. The van der Waals surface area contributed by atoms with Crippen LogP contribution in [0.3, 0.4) is 0 Å². The SMILES string of the molecule is CC(S)c1ccc(-c2csc(N)n2)cn1. The van der Waals surface area contributed by atoms with Crippen molar-refractivity contribution in [2.75, 3.05) is 5.73 Å². The van der Waals surface area contributed by atoms with E-state index in [1.165, 1.54) is 11.3 Å². The zero-order valence-corrected chi connectivity index (χ0v) is 9.92. The Morgan fingerprint density at radius 1 is 1.47 bits per heavy atom. The summed E-state index contributed by atoms with van der Waals surface area (Å²) in [5.41, 5.74) is 8.40. The largest absolute Gasteiger partial charge is 0.375 e. The van der Waals surface area contributed by atoms with Crippen LogP contribution in [0.4, 0.5) is 5.13 Å². The van der Waals surface area contributed by atoms with E-state index >= 15 is 0 Å². The van der Waals surface area contributed by atoms with Crippen LogP contribution in [0.15, 0.2) is 23.7 Å². The van der Waals surface area contributed by atoms with E-state index in [1.807, 2.05) is 24.4 Å². The molecule has 3 nitrogen and oxygen atoms in total. The van der Waals surface area contributed by atoms with Gasteiger partial charge in [-0.2, -0.15) is 12.6 Å². The predicted molar refractivity (Wildman–Crippen MR) is 67.2 cm³/mol. The van der Waals surface area contributed by atoms with Gasteiger partial charge in [-0.1, -0.05) is 0 Å². The highest BCUT2D eigenvalue weighted by atomic mass is 32.1. The van der Waals surface area contributed by atoms with Gasteiger partial charge in [-0.15, -0.1) is 11.3 Å². The molecule has 78 valence electrons. The van der Waals surface area contributed by atoms with E-state index in [0.717, 1.165) is 17.0 Å². The van der Waals surface area contributed by atoms with E-state index in [2.05, 4.69) is 22.6 Å². The number of pyridine rings is 1. The van der Waals surface area contributed by atoms with Gasteiger partial charge in [0.05, 0.1) is 11.4 Å². The molecule has 2 N–H and O–H groups in total. The molecule has 15 heavy (non-hydrogen) atoms.